The first-order valence-corrected chi connectivity index (χ1v) is 7.29. The molecule has 0 saturated carbocycles. The Bertz CT molecular complexity index is 816. The van der Waals surface area contributed by atoms with Crippen LogP contribution in [0.25, 0.3) is 0 Å². The molecular formula is C16H16FN5O2. The lowest BCUT2D eigenvalue weighted by atomic mass is 10.3. The Hall–Kier alpha value is -3.16. The highest BCUT2D eigenvalue weighted by molar-refractivity contribution is 5.92. The molecule has 3 aromatic rings. The van der Waals surface area contributed by atoms with Crippen molar-refractivity contribution in [3.8, 4) is 5.75 Å². The van der Waals surface area contributed by atoms with Crippen molar-refractivity contribution in [2.24, 2.45) is 0 Å². The summed E-state index contributed by atoms with van der Waals surface area (Å²) in [6.07, 6.45) is 1.63. The minimum Gasteiger partial charge on any atom is -0.484 e. The summed E-state index contributed by atoms with van der Waals surface area (Å²) < 4.78 is 18.9. The number of rotatable bonds is 6. The molecule has 0 saturated heterocycles. The summed E-state index contributed by atoms with van der Waals surface area (Å²) in [4.78, 5) is 13.8. The van der Waals surface area contributed by atoms with Crippen LogP contribution in [0.5, 0.6) is 5.75 Å². The van der Waals surface area contributed by atoms with E-state index < -0.39 is 5.82 Å². The number of amides is 1. The quantitative estimate of drug-likeness (QED) is 0.725. The van der Waals surface area contributed by atoms with Crippen LogP contribution in [0.4, 0.5) is 4.39 Å². The van der Waals surface area contributed by atoms with Crippen LogP contribution in [0.1, 0.15) is 21.9 Å². The van der Waals surface area contributed by atoms with E-state index >= 15 is 0 Å². The zero-order chi connectivity index (χ0) is 16.9. The summed E-state index contributed by atoms with van der Waals surface area (Å²) in [7, 11) is 1.67. The molecule has 2 N–H and O–H groups in total. The molecule has 24 heavy (non-hydrogen) atoms. The number of hydrogen-bond acceptors (Lipinski definition) is 4. The monoisotopic (exact) mass is 329 g/mol. The number of carbonyl (C=O) groups excluding carboxylic acids is 1. The van der Waals surface area contributed by atoms with E-state index in [1.807, 2.05) is 0 Å². The van der Waals surface area contributed by atoms with Crippen molar-refractivity contribution < 1.29 is 13.9 Å². The van der Waals surface area contributed by atoms with Crippen LogP contribution in [0.2, 0.25) is 0 Å². The van der Waals surface area contributed by atoms with Gasteiger partial charge in [0.15, 0.2) is 17.3 Å². The van der Waals surface area contributed by atoms with E-state index in [1.54, 1.807) is 37.5 Å². The van der Waals surface area contributed by atoms with Crippen molar-refractivity contribution in [2.45, 2.75) is 13.2 Å². The van der Waals surface area contributed by atoms with E-state index in [4.69, 9.17) is 4.74 Å². The van der Waals surface area contributed by atoms with Crippen molar-refractivity contribution >= 4 is 5.91 Å². The number of aromatic amines is 2. The highest BCUT2D eigenvalue weighted by Crippen LogP contribution is 2.17. The lowest BCUT2D eigenvalue weighted by molar-refractivity contribution is 0.0777. The number of H-pyrrole nitrogens is 2. The lowest BCUT2D eigenvalue weighted by Crippen LogP contribution is -2.26. The Morgan fingerprint density at radius 3 is 2.83 bits per heavy atom. The van der Waals surface area contributed by atoms with Gasteiger partial charge in [-0.1, -0.05) is 12.1 Å². The topological polar surface area (TPSA) is 86.9 Å². The molecule has 2 aromatic heterocycles. The number of ether oxygens (including phenoxy) is 1. The van der Waals surface area contributed by atoms with Gasteiger partial charge in [0.1, 0.15) is 6.61 Å². The molecule has 0 bridgehead atoms. The van der Waals surface area contributed by atoms with Crippen LogP contribution < -0.4 is 4.74 Å². The Morgan fingerprint density at radius 2 is 2.08 bits per heavy atom. The number of hydrogen-bond donors (Lipinski definition) is 2. The van der Waals surface area contributed by atoms with E-state index in [0.29, 0.717) is 12.2 Å². The van der Waals surface area contributed by atoms with Crippen LogP contribution in [-0.2, 0) is 13.2 Å². The predicted octanol–water partition coefficient (Wildman–Crippen LogP) is 2.12. The first-order chi connectivity index (χ1) is 11.6. The smallest absolute Gasteiger partial charge is 0.274 e. The first-order valence-electron chi connectivity index (χ1n) is 7.29. The molecule has 2 heterocycles. The third kappa shape index (κ3) is 3.60. The number of para-hydroxylation sites is 1. The Balaban J connectivity index is 1.60. The molecule has 0 atom stereocenters. The van der Waals surface area contributed by atoms with Crippen molar-refractivity contribution in [1.82, 2.24) is 25.3 Å². The molecule has 0 aliphatic carbocycles. The van der Waals surface area contributed by atoms with E-state index in [1.165, 1.54) is 17.0 Å². The highest BCUT2D eigenvalue weighted by atomic mass is 19.1. The van der Waals surface area contributed by atoms with E-state index in [0.717, 1.165) is 5.69 Å². The molecule has 8 heteroatoms. The Kier molecular flexibility index (Phi) is 4.55. The first kappa shape index (κ1) is 15.7. The zero-order valence-corrected chi connectivity index (χ0v) is 13.0. The number of halogens is 1. The van der Waals surface area contributed by atoms with Crippen LogP contribution in [0.15, 0.2) is 42.6 Å². The molecule has 124 valence electrons. The summed E-state index contributed by atoms with van der Waals surface area (Å²) in [5, 5.41) is 13.3. The van der Waals surface area contributed by atoms with Gasteiger partial charge >= 0.3 is 0 Å². The standard InChI is InChI=1S/C16H16FN5O2/c1-22(9-11-6-7-18-19-11)16(23)14-8-12(20-21-14)10-24-15-5-3-2-4-13(15)17/h2-8H,9-10H2,1H3,(H,18,19)(H,20,21). The van der Waals surface area contributed by atoms with Gasteiger partial charge in [0.05, 0.1) is 17.9 Å². The number of nitrogens with one attached hydrogen (secondary N) is 2. The van der Waals surface area contributed by atoms with Crippen molar-refractivity contribution in [1.29, 1.82) is 0 Å². The second kappa shape index (κ2) is 6.95. The van der Waals surface area contributed by atoms with Crippen LogP contribution >= 0.6 is 0 Å². The van der Waals surface area contributed by atoms with Gasteiger partial charge < -0.3 is 9.64 Å². The number of carbonyl (C=O) groups is 1. The van der Waals surface area contributed by atoms with Gasteiger partial charge in [0.2, 0.25) is 0 Å². The van der Waals surface area contributed by atoms with Gasteiger partial charge in [-0.05, 0) is 24.3 Å². The molecule has 3 rings (SSSR count). The minimum atomic E-state index is -0.437. The van der Waals surface area contributed by atoms with Gasteiger partial charge in [0.25, 0.3) is 5.91 Å². The van der Waals surface area contributed by atoms with Crippen LogP contribution in [0.3, 0.4) is 0 Å². The van der Waals surface area contributed by atoms with E-state index in [9.17, 15) is 9.18 Å². The maximum Gasteiger partial charge on any atom is 0.274 e. The Labute approximate surface area is 137 Å². The van der Waals surface area contributed by atoms with Gasteiger partial charge in [-0.25, -0.2) is 4.39 Å². The third-order valence-electron chi connectivity index (χ3n) is 3.38. The summed E-state index contributed by atoms with van der Waals surface area (Å²) in [5.41, 5.74) is 1.67. The fourth-order valence-corrected chi connectivity index (χ4v) is 2.16. The maximum absolute atomic E-state index is 13.5. The highest BCUT2D eigenvalue weighted by Gasteiger charge is 2.16. The lowest BCUT2D eigenvalue weighted by Gasteiger charge is -2.14. The van der Waals surface area contributed by atoms with Crippen molar-refractivity contribution in [3.63, 3.8) is 0 Å². The molecule has 0 unspecified atom stereocenters. The van der Waals surface area contributed by atoms with E-state index in [-0.39, 0.29) is 24.0 Å². The molecule has 0 aliphatic heterocycles. The van der Waals surface area contributed by atoms with Crippen molar-refractivity contribution in [3.05, 3.63) is 65.5 Å². The molecule has 1 amide bonds. The largest absolute Gasteiger partial charge is 0.484 e. The second-order valence-corrected chi connectivity index (χ2v) is 5.24. The molecule has 0 aliphatic rings. The number of benzene rings is 1. The summed E-state index contributed by atoms with van der Waals surface area (Å²) in [6.45, 7) is 0.484. The molecule has 1 aromatic carbocycles. The molecule has 7 nitrogen and oxygen atoms in total. The summed E-state index contributed by atoms with van der Waals surface area (Å²) in [5.74, 6) is -0.526. The van der Waals surface area contributed by atoms with Gasteiger partial charge in [-0.3, -0.25) is 15.0 Å². The molecular weight excluding hydrogens is 313 g/mol. The summed E-state index contributed by atoms with van der Waals surface area (Å²) >= 11 is 0. The van der Waals surface area contributed by atoms with Crippen molar-refractivity contribution in [2.75, 3.05) is 7.05 Å². The average molecular weight is 329 g/mol. The number of nitrogens with zero attached hydrogens (tertiary/aromatic N) is 3. The van der Waals surface area contributed by atoms with Crippen LogP contribution in [-0.4, -0.2) is 38.2 Å². The average Bonchev–Trinajstić information content (AvgIpc) is 3.25. The molecule has 0 spiro atoms. The zero-order valence-electron chi connectivity index (χ0n) is 13.0. The maximum atomic E-state index is 13.5. The molecule has 0 radical (unpaired) electrons. The predicted molar refractivity (Wildman–Crippen MR) is 83.7 cm³/mol. The minimum absolute atomic E-state index is 0.0888. The SMILES string of the molecule is CN(Cc1ccn[nH]1)C(=O)c1cc(COc2ccccc2F)[nH]n1. The third-order valence-corrected chi connectivity index (χ3v) is 3.38. The normalized spacial score (nSPS) is 10.6. The van der Waals surface area contributed by atoms with Crippen LogP contribution in [0, 0.1) is 5.82 Å². The van der Waals surface area contributed by atoms with E-state index in [2.05, 4.69) is 20.4 Å². The van der Waals surface area contributed by atoms with Gasteiger partial charge in [0, 0.05) is 13.2 Å². The fourth-order valence-electron chi connectivity index (χ4n) is 2.16. The van der Waals surface area contributed by atoms with Gasteiger partial charge in [-0.15, -0.1) is 0 Å². The number of aromatic nitrogens is 4. The fraction of sp³-hybridized carbons (Fsp3) is 0.188. The Morgan fingerprint density at radius 1 is 1.25 bits per heavy atom. The second-order valence-electron chi connectivity index (χ2n) is 5.24. The molecule has 0 fully saturated rings. The van der Waals surface area contributed by atoms with Gasteiger partial charge in [-0.2, -0.15) is 10.2 Å². The summed E-state index contributed by atoms with van der Waals surface area (Å²) in [6, 6.07) is 9.52.